The van der Waals surface area contributed by atoms with Crippen molar-refractivity contribution in [3.05, 3.63) is 36.5 Å². The van der Waals surface area contributed by atoms with Gasteiger partial charge in [-0.3, -0.25) is 14.4 Å². The van der Waals surface area contributed by atoms with Gasteiger partial charge in [-0.1, -0.05) is 224 Å². The van der Waals surface area contributed by atoms with E-state index in [1.54, 1.807) is 0 Å². The van der Waals surface area contributed by atoms with Gasteiger partial charge in [-0.2, -0.15) is 0 Å². The summed E-state index contributed by atoms with van der Waals surface area (Å²) in [5.74, 6) is -0.880. The van der Waals surface area contributed by atoms with Crippen LogP contribution in [0.5, 0.6) is 0 Å². The van der Waals surface area contributed by atoms with Crippen LogP contribution in [-0.4, -0.2) is 37.2 Å². The molecule has 0 aromatic carbocycles. The maximum atomic E-state index is 12.8. The lowest BCUT2D eigenvalue weighted by Crippen LogP contribution is -2.30. The summed E-state index contributed by atoms with van der Waals surface area (Å²) in [6, 6.07) is 0. The lowest BCUT2D eigenvalue weighted by Gasteiger charge is -2.18. The van der Waals surface area contributed by atoms with Crippen LogP contribution in [0.2, 0.25) is 0 Å². The molecule has 1 atom stereocenters. The minimum Gasteiger partial charge on any atom is -0.462 e. The average molecular weight is 871 g/mol. The number of esters is 3. The molecule has 0 aliphatic rings. The second kappa shape index (κ2) is 51.3. The fourth-order valence-corrected chi connectivity index (χ4v) is 7.76. The van der Waals surface area contributed by atoms with Crippen LogP contribution in [0.1, 0.15) is 284 Å². The summed E-state index contributed by atoms with van der Waals surface area (Å²) in [7, 11) is 0. The van der Waals surface area contributed by atoms with Gasteiger partial charge in [-0.05, 0) is 77.0 Å². The summed E-state index contributed by atoms with van der Waals surface area (Å²) in [5, 5.41) is 0. The molecular formula is C56H102O6. The monoisotopic (exact) mass is 871 g/mol. The molecule has 362 valence electrons. The first-order valence-corrected chi connectivity index (χ1v) is 27.0. The molecule has 1 unspecified atom stereocenters. The molecule has 0 aromatic rings. The van der Waals surface area contributed by atoms with Crippen molar-refractivity contribution < 1.29 is 28.6 Å². The summed E-state index contributed by atoms with van der Waals surface area (Å²) in [4.78, 5) is 38.0. The molecule has 0 saturated heterocycles. The number of carbonyl (C=O) groups excluding carboxylic acids is 3. The Hall–Kier alpha value is -2.37. The largest absolute Gasteiger partial charge is 0.462 e. The van der Waals surface area contributed by atoms with Crippen molar-refractivity contribution in [2.75, 3.05) is 13.2 Å². The van der Waals surface area contributed by atoms with Crippen LogP contribution >= 0.6 is 0 Å². The predicted octanol–water partition coefficient (Wildman–Crippen LogP) is 17.7. The Morgan fingerprint density at radius 3 is 0.952 bits per heavy atom. The van der Waals surface area contributed by atoms with Gasteiger partial charge in [-0.15, -0.1) is 0 Å². The highest BCUT2D eigenvalue weighted by Crippen LogP contribution is 2.16. The molecule has 0 N–H and O–H groups in total. The molecular weight excluding hydrogens is 769 g/mol. The zero-order valence-corrected chi connectivity index (χ0v) is 41.4. The van der Waals surface area contributed by atoms with Gasteiger partial charge in [0.25, 0.3) is 0 Å². The third kappa shape index (κ3) is 48.7. The number of rotatable bonds is 49. The number of hydrogen-bond donors (Lipinski definition) is 0. The van der Waals surface area contributed by atoms with Gasteiger partial charge in [0.05, 0.1) is 0 Å². The van der Waals surface area contributed by atoms with Crippen molar-refractivity contribution in [2.45, 2.75) is 290 Å². The summed E-state index contributed by atoms with van der Waals surface area (Å²) >= 11 is 0. The van der Waals surface area contributed by atoms with Crippen molar-refractivity contribution in [2.24, 2.45) is 0 Å². The third-order valence-electron chi connectivity index (χ3n) is 11.9. The molecule has 0 amide bonds. The van der Waals surface area contributed by atoms with Gasteiger partial charge in [0.1, 0.15) is 13.2 Å². The van der Waals surface area contributed by atoms with Crippen molar-refractivity contribution >= 4 is 17.9 Å². The van der Waals surface area contributed by atoms with E-state index < -0.39 is 6.10 Å². The highest BCUT2D eigenvalue weighted by molar-refractivity contribution is 5.71. The van der Waals surface area contributed by atoms with E-state index >= 15 is 0 Å². The van der Waals surface area contributed by atoms with Crippen molar-refractivity contribution in [3.8, 4) is 0 Å². The first-order chi connectivity index (χ1) is 30.5. The fraction of sp³-hybridized carbons (Fsp3) is 0.839. The number of allylic oxidation sites excluding steroid dienone is 6. The van der Waals surface area contributed by atoms with E-state index in [0.717, 1.165) is 77.0 Å². The Morgan fingerprint density at radius 2 is 0.581 bits per heavy atom. The molecule has 0 saturated carbocycles. The van der Waals surface area contributed by atoms with Crippen LogP contribution in [0, 0.1) is 0 Å². The molecule has 0 aliphatic heterocycles. The van der Waals surface area contributed by atoms with Crippen LogP contribution in [0.3, 0.4) is 0 Å². The fourth-order valence-electron chi connectivity index (χ4n) is 7.76. The molecule has 0 spiro atoms. The average Bonchev–Trinajstić information content (AvgIpc) is 3.27. The normalized spacial score (nSPS) is 12.2. The molecule has 6 nitrogen and oxygen atoms in total. The van der Waals surface area contributed by atoms with Gasteiger partial charge in [0.2, 0.25) is 0 Å². The highest BCUT2D eigenvalue weighted by atomic mass is 16.6. The smallest absolute Gasteiger partial charge is 0.306 e. The lowest BCUT2D eigenvalue weighted by atomic mass is 10.0. The first-order valence-electron chi connectivity index (χ1n) is 27.0. The van der Waals surface area contributed by atoms with E-state index in [0.29, 0.717) is 19.3 Å². The maximum Gasteiger partial charge on any atom is 0.306 e. The third-order valence-corrected chi connectivity index (χ3v) is 11.9. The van der Waals surface area contributed by atoms with Gasteiger partial charge >= 0.3 is 17.9 Å². The quantitative estimate of drug-likeness (QED) is 0.0262. The van der Waals surface area contributed by atoms with Crippen LogP contribution in [0.4, 0.5) is 0 Å². The molecule has 0 bridgehead atoms. The molecule has 0 radical (unpaired) electrons. The van der Waals surface area contributed by atoms with Crippen LogP contribution < -0.4 is 0 Å². The molecule has 0 rings (SSSR count). The number of carbonyl (C=O) groups is 3. The minimum absolute atomic E-state index is 0.0760. The van der Waals surface area contributed by atoms with Crippen molar-refractivity contribution in [1.82, 2.24) is 0 Å². The van der Waals surface area contributed by atoms with E-state index in [1.165, 1.54) is 167 Å². The van der Waals surface area contributed by atoms with Gasteiger partial charge in [-0.25, -0.2) is 0 Å². The SMILES string of the molecule is CCCCC/C=C\CCCCCCCC(=O)OCC(COC(=O)CCCCCCCCC/C=C\C/C=C\CCCCCC)OC(=O)CCCCCCCCCCCCCCCC. The summed E-state index contributed by atoms with van der Waals surface area (Å²) in [6.45, 7) is 6.61. The van der Waals surface area contributed by atoms with Crippen LogP contribution in [0.15, 0.2) is 36.5 Å². The molecule has 62 heavy (non-hydrogen) atoms. The van der Waals surface area contributed by atoms with Crippen LogP contribution in [0.25, 0.3) is 0 Å². The molecule has 0 aromatic heterocycles. The van der Waals surface area contributed by atoms with E-state index in [1.807, 2.05) is 0 Å². The Balaban J connectivity index is 4.34. The Labute approximate surface area is 385 Å². The minimum atomic E-state index is -0.774. The second-order valence-corrected chi connectivity index (χ2v) is 18.1. The predicted molar refractivity (Wildman–Crippen MR) is 266 cm³/mol. The summed E-state index contributed by atoms with van der Waals surface area (Å²) in [6.07, 6.45) is 59.8. The highest BCUT2D eigenvalue weighted by Gasteiger charge is 2.19. The number of unbranched alkanes of at least 4 members (excludes halogenated alkanes) is 32. The van der Waals surface area contributed by atoms with E-state index in [2.05, 4.69) is 57.2 Å². The number of hydrogen-bond acceptors (Lipinski definition) is 6. The maximum absolute atomic E-state index is 12.8. The van der Waals surface area contributed by atoms with Crippen LogP contribution in [-0.2, 0) is 28.6 Å². The standard InChI is InChI=1S/C56H102O6/c1-4-7-10-13-16-19-22-25-27-28-29-30-32-34-37-40-43-46-49-55(58)61-52-53(51-60-54(57)48-45-42-39-36-33-24-21-18-15-12-9-6-3)62-56(59)50-47-44-41-38-35-31-26-23-20-17-14-11-8-5-2/h18-19,21-22,27-28,53H,4-17,20,23-26,29-52H2,1-3H3/b21-18-,22-19-,28-27-. The van der Waals surface area contributed by atoms with Gasteiger partial charge in [0, 0.05) is 19.3 Å². The molecule has 6 heteroatoms. The van der Waals surface area contributed by atoms with Crippen molar-refractivity contribution in [1.29, 1.82) is 0 Å². The molecule has 0 aliphatic carbocycles. The van der Waals surface area contributed by atoms with Gasteiger partial charge < -0.3 is 14.2 Å². The number of ether oxygens (including phenoxy) is 3. The van der Waals surface area contributed by atoms with E-state index in [-0.39, 0.29) is 31.1 Å². The molecule has 0 fully saturated rings. The Kier molecular flexibility index (Phi) is 49.3. The second-order valence-electron chi connectivity index (χ2n) is 18.1. The lowest BCUT2D eigenvalue weighted by molar-refractivity contribution is -0.167. The first kappa shape index (κ1) is 59.6. The van der Waals surface area contributed by atoms with Gasteiger partial charge in [0.15, 0.2) is 6.10 Å². The van der Waals surface area contributed by atoms with E-state index in [9.17, 15) is 14.4 Å². The molecule has 0 heterocycles. The van der Waals surface area contributed by atoms with Crippen molar-refractivity contribution in [3.63, 3.8) is 0 Å². The van der Waals surface area contributed by atoms with E-state index in [4.69, 9.17) is 14.2 Å². The Bertz CT molecular complexity index is 1050. The zero-order valence-electron chi connectivity index (χ0n) is 41.4. The Morgan fingerprint density at radius 1 is 0.323 bits per heavy atom. The zero-order chi connectivity index (χ0) is 45.1. The summed E-state index contributed by atoms with van der Waals surface area (Å²) < 4.78 is 16.8. The topological polar surface area (TPSA) is 78.9 Å². The summed E-state index contributed by atoms with van der Waals surface area (Å²) in [5.41, 5.74) is 0.